The molecule has 0 unspecified atom stereocenters. The lowest BCUT2D eigenvalue weighted by Gasteiger charge is -2.30. The number of imidazole rings is 1. The zero-order valence-electron chi connectivity index (χ0n) is 14.7. The van der Waals surface area contributed by atoms with E-state index >= 15 is 0 Å². The third kappa shape index (κ3) is 3.12. The first kappa shape index (κ1) is 17.7. The van der Waals surface area contributed by atoms with E-state index in [0.717, 1.165) is 18.4 Å². The van der Waals surface area contributed by atoms with Gasteiger partial charge in [0, 0.05) is 12.2 Å². The van der Waals surface area contributed by atoms with Crippen LogP contribution in [0.2, 0.25) is 0 Å². The van der Waals surface area contributed by atoms with Gasteiger partial charge in [-0.05, 0) is 55.0 Å². The number of para-hydroxylation sites is 1. The van der Waals surface area contributed by atoms with Crippen molar-refractivity contribution in [3.05, 3.63) is 71.6 Å². The topological polar surface area (TPSA) is 38.1 Å². The molecule has 7 heteroatoms. The molecule has 0 saturated heterocycles. The molecule has 1 aliphatic rings. The van der Waals surface area contributed by atoms with Crippen molar-refractivity contribution in [1.29, 1.82) is 0 Å². The van der Waals surface area contributed by atoms with E-state index in [4.69, 9.17) is 0 Å². The van der Waals surface area contributed by atoms with Crippen LogP contribution in [0.15, 0.2) is 53.8 Å². The maximum Gasteiger partial charge on any atom is 0.277 e. The molecular weight excluding hydrogens is 368 g/mol. The number of amides is 1. The highest BCUT2D eigenvalue weighted by Gasteiger charge is 2.29. The van der Waals surface area contributed by atoms with E-state index in [1.807, 2.05) is 12.3 Å². The van der Waals surface area contributed by atoms with Gasteiger partial charge in [0.05, 0.1) is 11.9 Å². The van der Waals surface area contributed by atoms with Crippen LogP contribution in [0.4, 0.5) is 14.5 Å². The molecule has 1 aliphatic heterocycles. The fourth-order valence-corrected chi connectivity index (χ4v) is 3.96. The summed E-state index contributed by atoms with van der Waals surface area (Å²) >= 11 is 1.38. The number of fused-ring (bicyclic) bond motifs is 1. The number of carbonyl (C=O) groups excluding carboxylic acids is 1. The summed E-state index contributed by atoms with van der Waals surface area (Å²) in [5.74, 6) is -1.08. The van der Waals surface area contributed by atoms with Crippen molar-refractivity contribution in [2.75, 3.05) is 17.7 Å². The summed E-state index contributed by atoms with van der Waals surface area (Å²) in [5.41, 5.74) is 2.12. The van der Waals surface area contributed by atoms with Gasteiger partial charge in [0.15, 0.2) is 5.16 Å². The van der Waals surface area contributed by atoms with Crippen molar-refractivity contribution in [3.63, 3.8) is 0 Å². The number of hydrogen-bond donors (Lipinski definition) is 0. The van der Waals surface area contributed by atoms with Gasteiger partial charge in [-0.2, -0.15) is 0 Å². The van der Waals surface area contributed by atoms with Crippen molar-refractivity contribution in [2.24, 2.45) is 0 Å². The number of aryl methyl sites for hydroxylation is 1. The maximum atomic E-state index is 14.5. The van der Waals surface area contributed by atoms with Crippen LogP contribution in [-0.4, -0.2) is 28.3 Å². The van der Waals surface area contributed by atoms with Gasteiger partial charge in [0.25, 0.3) is 5.91 Å². The molecule has 0 saturated carbocycles. The van der Waals surface area contributed by atoms with Crippen molar-refractivity contribution >= 4 is 23.4 Å². The van der Waals surface area contributed by atoms with Gasteiger partial charge in [-0.3, -0.25) is 9.36 Å². The molecular formula is C20H17F2N3OS. The molecule has 2 heterocycles. The zero-order valence-corrected chi connectivity index (χ0v) is 15.5. The molecule has 0 aliphatic carbocycles. The Kier molecular flexibility index (Phi) is 4.70. The minimum absolute atomic E-state index is 0.321. The standard InChI is InChI=1S/C20H17F2N3OS/c1-27-20-23-12-17(25(20)15-9-7-14(21)8-10-15)19(26)24-11-3-5-13-4-2-6-16(22)18(13)24/h2,4,6-10,12H,3,5,11H2,1H3. The number of carbonyl (C=O) groups is 1. The molecule has 27 heavy (non-hydrogen) atoms. The van der Waals surface area contributed by atoms with Gasteiger partial charge in [0.2, 0.25) is 0 Å². The van der Waals surface area contributed by atoms with Crippen molar-refractivity contribution in [2.45, 2.75) is 18.0 Å². The van der Waals surface area contributed by atoms with Crippen LogP contribution in [0.1, 0.15) is 22.5 Å². The minimum atomic E-state index is -0.404. The van der Waals surface area contributed by atoms with E-state index in [9.17, 15) is 13.6 Å². The average molecular weight is 385 g/mol. The summed E-state index contributed by atoms with van der Waals surface area (Å²) in [6.07, 6.45) is 4.85. The third-order valence-electron chi connectivity index (χ3n) is 4.63. The van der Waals surface area contributed by atoms with Crippen LogP contribution >= 0.6 is 11.8 Å². The van der Waals surface area contributed by atoms with Gasteiger partial charge in [0.1, 0.15) is 17.3 Å². The van der Waals surface area contributed by atoms with E-state index in [-0.39, 0.29) is 11.7 Å². The first-order valence-electron chi connectivity index (χ1n) is 8.57. The van der Waals surface area contributed by atoms with Crippen LogP contribution in [0.3, 0.4) is 0 Å². The molecule has 2 aromatic carbocycles. The summed E-state index contributed by atoms with van der Waals surface area (Å²) in [6, 6.07) is 10.7. The van der Waals surface area contributed by atoms with Crippen LogP contribution in [0.25, 0.3) is 5.69 Å². The van der Waals surface area contributed by atoms with E-state index in [0.29, 0.717) is 28.8 Å². The zero-order chi connectivity index (χ0) is 19.0. The quantitative estimate of drug-likeness (QED) is 0.625. The Morgan fingerprint density at radius 3 is 2.67 bits per heavy atom. The Hall–Kier alpha value is -2.67. The highest BCUT2D eigenvalue weighted by atomic mass is 32.2. The predicted molar refractivity (Wildman–Crippen MR) is 102 cm³/mol. The summed E-state index contributed by atoms with van der Waals surface area (Å²) in [4.78, 5) is 19.1. The monoisotopic (exact) mass is 385 g/mol. The Balaban J connectivity index is 1.81. The number of nitrogens with zero attached hydrogens (tertiary/aromatic N) is 3. The first-order valence-corrected chi connectivity index (χ1v) is 9.79. The molecule has 0 spiro atoms. The van der Waals surface area contributed by atoms with Crippen molar-refractivity contribution in [1.82, 2.24) is 9.55 Å². The summed E-state index contributed by atoms with van der Waals surface area (Å²) < 4.78 is 29.5. The van der Waals surface area contributed by atoms with Crippen LogP contribution in [0.5, 0.6) is 0 Å². The smallest absolute Gasteiger partial charge is 0.277 e. The first-order chi connectivity index (χ1) is 13.1. The fraction of sp³-hybridized carbons (Fsp3) is 0.200. The molecule has 3 aromatic rings. The number of aromatic nitrogens is 2. The van der Waals surface area contributed by atoms with Crippen molar-refractivity contribution in [3.8, 4) is 5.69 Å². The lowest BCUT2D eigenvalue weighted by molar-refractivity contribution is 0.0977. The van der Waals surface area contributed by atoms with Crippen LogP contribution < -0.4 is 4.90 Å². The average Bonchev–Trinajstić information content (AvgIpc) is 3.12. The molecule has 138 valence electrons. The fourth-order valence-electron chi connectivity index (χ4n) is 3.41. The summed E-state index contributed by atoms with van der Waals surface area (Å²) in [7, 11) is 0. The molecule has 1 aromatic heterocycles. The summed E-state index contributed by atoms with van der Waals surface area (Å²) in [6.45, 7) is 0.440. The number of rotatable bonds is 3. The second kappa shape index (κ2) is 7.15. The van der Waals surface area contributed by atoms with Gasteiger partial charge >= 0.3 is 0 Å². The second-order valence-electron chi connectivity index (χ2n) is 6.25. The van der Waals surface area contributed by atoms with E-state index < -0.39 is 5.82 Å². The van der Waals surface area contributed by atoms with Gasteiger partial charge in [-0.1, -0.05) is 23.9 Å². The molecule has 0 N–H and O–H groups in total. The number of benzene rings is 2. The van der Waals surface area contributed by atoms with E-state index in [1.54, 1.807) is 22.8 Å². The molecule has 0 radical (unpaired) electrons. The van der Waals surface area contributed by atoms with Crippen LogP contribution in [-0.2, 0) is 6.42 Å². The SMILES string of the molecule is CSc1ncc(C(=O)N2CCCc3cccc(F)c32)n1-c1ccc(F)cc1. The third-order valence-corrected chi connectivity index (χ3v) is 5.28. The number of anilines is 1. The second-order valence-corrected chi connectivity index (χ2v) is 7.02. The van der Waals surface area contributed by atoms with E-state index in [1.165, 1.54) is 41.1 Å². The normalized spacial score (nSPS) is 13.5. The van der Waals surface area contributed by atoms with E-state index in [2.05, 4.69) is 4.98 Å². The molecule has 1 amide bonds. The molecule has 0 bridgehead atoms. The lowest BCUT2D eigenvalue weighted by atomic mass is 10.0. The van der Waals surface area contributed by atoms with Gasteiger partial charge in [-0.15, -0.1) is 0 Å². The van der Waals surface area contributed by atoms with Gasteiger partial charge in [-0.25, -0.2) is 13.8 Å². The lowest BCUT2D eigenvalue weighted by Crippen LogP contribution is -2.37. The minimum Gasteiger partial charge on any atom is -0.304 e. The highest BCUT2D eigenvalue weighted by molar-refractivity contribution is 7.98. The number of hydrogen-bond acceptors (Lipinski definition) is 3. The molecule has 4 nitrogen and oxygen atoms in total. The highest BCUT2D eigenvalue weighted by Crippen LogP contribution is 2.32. The molecule has 4 rings (SSSR count). The number of thioether (sulfide) groups is 1. The molecule has 0 atom stereocenters. The van der Waals surface area contributed by atoms with Crippen LogP contribution in [0, 0.1) is 11.6 Å². The van der Waals surface area contributed by atoms with Gasteiger partial charge < -0.3 is 4.90 Å². The largest absolute Gasteiger partial charge is 0.304 e. The Morgan fingerprint density at radius 1 is 1.15 bits per heavy atom. The predicted octanol–water partition coefficient (Wildman–Crippen LogP) is 4.47. The maximum absolute atomic E-state index is 14.5. The van der Waals surface area contributed by atoms with Crippen molar-refractivity contribution < 1.29 is 13.6 Å². The Labute approximate surface area is 159 Å². The number of halogens is 2. The Morgan fingerprint density at radius 2 is 1.93 bits per heavy atom. The molecule has 0 fully saturated rings. The Bertz CT molecular complexity index is 1000. The summed E-state index contributed by atoms with van der Waals surface area (Å²) in [5, 5.41) is 0.607.